The molecule has 1 N–H and O–H groups in total. The lowest BCUT2D eigenvalue weighted by molar-refractivity contribution is -0.137. The summed E-state index contributed by atoms with van der Waals surface area (Å²) in [6, 6.07) is 7.95. The number of anilines is 2. The quantitative estimate of drug-likeness (QED) is 0.423. The second-order valence-corrected chi connectivity index (χ2v) is 9.19. The van der Waals surface area contributed by atoms with Crippen molar-refractivity contribution in [2.75, 3.05) is 43.4 Å². The van der Waals surface area contributed by atoms with Crippen molar-refractivity contribution < 1.29 is 18.0 Å². The van der Waals surface area contributed by atoms with Crippen molar-refractivity contribution in [2.45, 2.75) is 13.1 Å². The predicted octanol–water partition coefficient (Wildman–Crippen LogP) is 4.06. The number of piperazine rings is 1. The average molecular weight is 523 g/mol. The fourth-order valence-corrected chi connectivity index (χ4v) is 4.18. The van der Waals surface area contributed by atoms with E-state index in [1.165, 1.54) is 0 Å². The van der Waals surface area contributed by atoms with Crippen LogP contribution in [0, 0.1) is 6.92 Å². The number of carbonyl (C=O) groups excluding carboxylic acids is 1. The van der Waals surface area contributed by atoms with Crippen LogP contribution in [0.2, 0.25) is 0 Å². The molecular formula is C26H25F3N8O. The molecule has 0 spiro atoms. The van der Waals surface area contributed by atoms with Crippen LogP contribution in [0.3, 0.4) is 0 Å². The van der Waals surface area contributed by atoms with Gasteiger partial charge in [0.25, 0.3) is 5.91 Å². The summed E-state index contributed by atoms with van der Waals surface area (Å²) in [7, 11) is 2.11. The summed E-state index contributed by atoms with van der Waals surface area (Å²) < 4.78 is 40.6. The molecule has 1 aromatic carbocycles. The van der Waals surface area contributed by atoms with Gasteiger partial charge < -0.3 is 15.1 Å². The molecular weight excluding hydrogens is 497 g/mol. The molecule has 0 atom stereocenters. The molecule has 4 heterocycles. The van der Waals surface area contributed by atoms with Crippen LogP contribution in [0.25, 0.3) is 16.9 Å². The van der Waals surface area contributed by atoms with Gasteiger partial charge in [-0.1, -0.05) is 11.3 Å². The Morgan fingerprint density at radius 2 is 1.74 bits per heavy atom. The number of hydrogen-bond acceptors (Lipinski definition) is 7. The Morgan fingerprint density at radius 3 is 2.50 bits per heavy atom. The van der Waals surface area contributed by atoms with E-state index in [0.29, 0.717) is 23.3 Å². The van der Waals surface area contributed by atoms with E-state index in [2.05, 4.69) is 42.4 Å². The van der Waals surface area contributed by atoms with Gasteiger partial charge >= 0.3 is 6.18 Å². The molecule has 0 saturated carbocycles. The number of amides is 1. The van der Waals surface area contributed by atoms with E-state index >= 15 is 0 Å². The van der Waals surface area contributed by atoms with Gasteiger partial charge in [0.15, 0.2) is 0 Å². The van der Waals surface area contributed by atoms with Crippen molar-refractivity contribution in [2.24, 2.45) is 0 Å². The first-order chi connectivity index (χ1) is 18.2. The Bertz CT molecular complexity index is 1460. The average Bonchev–Trinajstić information content (AvgIpc) is 3.40. The first-order valence-corrected chi connectivity index (χ1v) is 11.9. The van der Waals surface area contributed by atoms with Gasteiger partial charge in [-0.15, -0.1) is 5.10 Å². The lowest BCUT2D eigenvalue weighted by Gasteiger charge is -2.33. The lowest BCUT2D eigenvalue weighted by Crippen LogP contribution is -2.44. The van der Waals surface area contributed by atoms with E-state index in [4.69, 9.17) is 0 Å². The number of halogens is 3. The second kappa shape index (κ2) is 10.2. The number of aryl methyl sites for hydroxylation is 1. The van der Waals surface area contributed by atoms with Crippen LogP contribution in [0.5, 0.6) is 0 Å². The van der Waals surface area contributed by atoms with E-state index in [-0.39, 0.29) is 5.56 Å². The highest BCUT2D eigenvalue weighted by Crippen LogP contribution is 2.29. The van der Waals surface area contributed by atoms with Crippen molar-refractivity contribution in [1.29, 1.82) is 0 Å². The Labute approximate surface area is 216 Å². The summed E-state index contributed by atoms with van der Waals surface area (Å²) in [5.74, 6) is -0.704. The Balaban J connectivity index is 1.36. The summed E-state index contributed by atoms with van der Waals surface area (Å²) in [5.41, 5.74) is 3.22. The molecule has 12 heteroatoms. The minimum Gasteiger partial charge on any atom is -0.368 e. The summed E-state index contributed by atoms with van der Waals surface area (Å²) in [6.45, 7) is 5.69. The third kappa shape index (κ3) is 5.49. The molecule has 1 fully saturated rings. The summed E-state index contributed by atoms with van der Waals surface area (Å²) >= 11 is 0. The zero-order valence-corrected chi connectivity index (χ0v) is 20.8. The maximum Gasteiger partial charge on any atom is 0.417 e. The first kappa shape index (κ1) is 25.3. The molecule has 9 nitrogen and oxygen atoms in total. The summed E-state index contributed by atoms with van der Waals surface area (Å²) in [5, 5.41) is 11.2. The van der Waals surface area contributed by atoms with Crippen molar-refractivity contribution in [3.05, 3.63) is 78.0 Å². The zero-order chi connectivity index (χ0) is 26.9. The van der Waals surface area contributed by atoms with Crippen LogP contribution in [0.15, 0.2) is 61.3 Å². The normalized spacial score (nSPS) is 14.5. The van der Waals surface area contributed by atoms with Gasteiger partial charge in [-0.3, -0.25) is 14.8 Å². The molecule has 0 radical (unpaired) electrons. The fraction of sp³-hybridized carbons (Fsp3) is 0.269. The van der Waals surface area contributed by atoms with Crippen LogP contribution in [0.4, 0.5) is 24.5 Å². The number of pyridine rings is 2. The fourth-order valence-electron chi connectivity index (χ4n) is 4.18. The van der Waals surface area contributed by atoms with Gasteiger partial charge in [0.2, 0.25) is 0 Å². The van der Waals surface area contributed by atoms with E-state index in [1.807, 2.05) is 19.2 Å². The Hall–Kier alpha value is -4.32. The van der Waals surface area contributed by atoms with Crippen molar-refractivity contribution in [1.82, 2.24) is 29.9 Å². The molecule has 1 aliphatic heterocycles. The molecule has 38 heavy (non-hydrogen) atoms. The molecule has 1 saturated heterocycles. The monoisotopic (exact) mass is 522 g/mol. The van der Waals surface area contributed by atoms with Crippen molar-refractivity contribution in [3.63, 3.8) is 0 Å². The van der Waals surface area contributed by atoms with Crippen molar-refractivity contribution >= 4 is 17.3 Å². The molecule has 0 bridgehead atoms. The number of carbonyl (C=O) groups is 1. The van der Waals surface area contributed by atoms with Gasteiger partial charge in [-0.05, 0) is 43.8 Å². The molecule has 4 aromatic rings. The second-order valence-electron chi connectivity index (χ2n) is 9.19. The third-order valence-corrected chi connectivity index (χ3v) is 6.42. The number of nitrogens with zero attached hydrogens (tertiary/aromatic N) is 7. The number of nitrogens with one attached hydrogen (secondary N) is 1. The number of benzene rings is 1. The first-order valence-electron chi connectivity index (χ1n) is 11.9. The highest BCUT2D eigenvalue weighted by atomic mass is 19.4. The van der Waals surface area contributed by atoms with E-state index in [9.17, 15) is 18.0 Å². The Morgan fingerprint density at radius 1 is 0.974 bits per heavy atom. The zero-order valence-electron chi connectivity index (χ0n) is 20.8. The lowest BCUT2D eigenvalue weighted by atomic mass is 10.1. The van der Waals surface area contributed by atoms with Gasteiger partial charge in [-0.2, -0.15) is 13.2 Å². The maximum atomic E-state index is 13.0. The van der Waals surface area contributed by atoms with E-state index in [0.717, 1.165) is 55.3 Å². The molecule has 1 amide bonds. The van der Waals surface area contributed by atoms with Crippen LogP contribution < -0.4 is 10.2 Å². The highest BCUT2D eigenvalue weighted by molar-refractivity contribution is 6.04. The molecule has 0 unspecified atom stereocenters. The van der Waals surface area contributed by atoms with Crippen LogP contribution in [0.1, 0.15) is 21.5 Å². The van der Waals surface area contributed by atoms with Gasteiger partial charge in [-0.25, -0.2) is 4.68 Å². The predicted molar refractivity (Wildman–Crippen MR) is 136 cm³/mol. The number of aromatic nitrogens is 5. The molecule has 196 valence electrons. The van der Waals surface area contributed by atoms with E-state index in [1.54, 1.807) is 35.3 Å². The minimum absolute atomic E-state index is 0.197. The number of rotatable bonds is 5. The van der Waals surface area contributed by atoms with Crippen LogP contribution >= 0.6 is 0 Å². The molecule has 3 aromatic heterocycles. The minimum atomic E-state index is -4.59. The summed E-state index contributed by atoms with van der Waals surface area (Å²) in [4.78, 5) is 25.2. The smallest absolute Gasteiger partial charge is 0.368 e. The SMILES string of the molecule is Cc1ccc(NC(=O)c2cncc(C(F)(F)F)c2)cc1-n1cc(-c2cncc(N3CCN(C)CC3)c2)nn1. The molecule has 5 rings (SSSR count). The Kier molecular flexibility index (Phi) is 6.81. The van der Waals surface area contributed by atoms with Crippen LogP contribution in [-0.4, -0.2) is 69.0 Å². The highest BCUT2D eigenvalue weighted by Gasteiger charge is 2.31. The standard InChI is InChI=1S/C26H25F3N8O/c1-17-3-4-21(32-25(38)19-9-20(14-30-13-19)26(27,28)29)11-24(17)37-16-23(33-34-37)18-10-22(15-31-12-18)36-7-5-35(2)6-8-36/h3-4,9-16H,5-8H2,1-2H3,(H,32,38). The van der Waals surface area contributed by atoms with Gasteiger partial charge in [0, 0.05) is 56.0 Å². The molecule has 1 aliphatic rings. The van der Waals surface area contributed by atoms with E-state index < -0.39 is 17.6 Å². The third-order valence-electron chi connectivity index (χ3n) is 6.42. The number of alkyl halides is 3. The maximum absolute atomic E-state index is 13.0. The van der Waals surface area contributed by atoms with Crippen molar-refractivity contribution in [3.8, 4) is 16.9 Å². The van der Waals surface area contributed by atoms with Gasteiger partial charge in [0.1, 0.15) is 5.69 Å². The van der Waals surface area contributed by atoms with Crippen LogP contribution in [-0.2, 0) is 6.18 Å². The number of hydrogen-bond donors (Lipinski definition) is 1. The summed E-state index contributed by atoms with van der Waals surface area (Å²) in [6.07, 6.45) is 2.53. The van der Waals surface area contributed by atoms with Gasteiger partial charge in [0.05, 0.1) is 34.9 Å². The topological polar surface area (TPSA) is 92.1 Å². The number of likely N-dealkylation sites (N-methyl/N-ethyl adjacent to an activating group) is 1. The largest absolute Gasteiger partial charge is 0.417 e. The molecule has 0 aliphatic carbocycles.